The Bertz CT molecular complexity index is 403. The molecular formula is C14H28B2O4. The van der Waals surface area contributed by atoms with Crippen LogP contribution in [-0.4, -0.2) is 41.0 Å². The summed E-state index contributed by atoms with van der Waals surface area (Å²) in [7, 11) is -0.626. The Morgan fingerprint density at radius 3 is 1.55 bits per heavy atom. The van der Waals surface area contributed by atoms with Crippen LogP contribution in [0.5, 0.6) is 0 Å². The van der Waals surface area contributed by atoms with Gasteiger partial charge in [-0.2, -0.15) is 0 Å². The van der Waals surface area contributed by atoms with E-state index in [1.54, 1.807) is 6.92 Å². The van der Waals surface area contributed by atoms with Crippen molar-refractivity contribution in [2.45, 2.75) is 83.7 Å². The summed E-state index contributed by atoms with van der Waals surface area (Å²) < 4.78 is 12.2. The Morgan fingerprint density at radius 2 is 1.25 bits per heavy atom. The van der Waals surface area contributed by atoms with Gasteiger partial charge in [0.1, 0.15) is 0 Å². The van der Waals surface area contributed by atoms with Crippen LogP contribution in [0.3, 0.4) is 0 Å². The van der Waals surface area contributed by atoms with Crippen LogP contribution in [0.4, 0.5) is 0 Å². The summed E-state index contributed by atoms with van der Waals surface area (Å²) >= 11 is 0. The lowest BCUT2D eigenvalue weighted by Gasteiger charge is -2.45. The second kappa shape index (κ2) is 4.03. The predicted octanol–water partition coefficient (Wildman–Crippen LogP) is 2.15. The van der Waals surface area contributed by atoms with E-state index in [1.807, 2.05) is 48.5 Å². The van der Waals surface area contributed by atoms with Gasteiger partial charge in [0, 0.05) is 5.21 Å². The molecule has 0 aromatic heterocycles. The molecule has 2 aliphatic rings. The van der Waals surface area contributed by atoms with Gasteiger partial charge in [-0.05, 0) is 46.4 Å². The van der Waals surface area contributed by atoms with Crippen molar-refractivity contribution >= 4 is 14.0 Å². The van der Waals surface area contributed by atoms with Gasteiger partial charge in [0.2, 0.25) is 0 Å². The average molecular weight is 282 g/mol. The van der Waals surface area contributed by atoms with Crippen molar-refractivity contribution in [1.82, 2.24) is 0 Å². The molecule has 4 nitrogen and oxygen atoms in total. The fourth-order valence-corrected chi connectivity index (χ4v) is 3.42. The molecule has 2 rings (SSSR count). The summed E-state index contributed by atoms with van der Waals surface area (Å²) in [4.78, 5) is 0. The lowest BCUT2D eigenvalue weighted by Crippen LogP contribution is -2.56. The molecule has 0 amide bonds. The highest BCUT2D eigenvalue weighted by Gasteiger charge is 2.74. The summed E-state index contributed by atoms with van der Waals surface area (Å²) in [6, 6.07) is 0. The molecule has 2 atom stereocenters. The zero-order chi connectivity index (χ0) is 15.8. The summed E-state index contributed by atoms with van der Waals surface area (Å²) in [5.41, 5.74) is -2.42. The molecule has 6 heteroatoms. The van der Waals surface area contributed by atoms with Crippen molar-refractivity contribution in [1.29, 1.82) is 0 Å². The molecule has 2 unspecified atom stereocenters. The smallest absolute Gasteiger partial charge is 0.450 e. The van der Waals surface area contributed by atoms with Gasteiger partial charge in [-0.15, -0.1) is 0 Å². The molecule has 0 spiro atoms. The van der Waals surface area contributed by atoms with Crippen molar-refractivity contribution in [3.8, 4) is 0 Å². The molecule has 2 saturated heterocycles. The second-order valence-corrected chi connectivity index (χ2v) is 8.55. The van der Waals surface area contributed by atoms with Crippen molar-refractivity contribution in [3.63, 3.8) is 0 Å². The van der Waals surface area contributed by atoms with Crippen LogP contribution in [0.2, 0.25) is 11.5 Å². The van der Waals surface area contributed by atoms with E-state index in [0.29, 0.717) is 6.32 Å². The first-order valence-electron chi connectivity index (χ1n) is 7.45. The monoisotopic (exact) mass is 282 g/mol. The molecule has 114 valence electrons. The van der Waals surface area contributed by atoms with E-state index in [9.17, 15) is 10.1 Å². The molecule has 2 N–H and O–H groups in total. The van der Waals surface area contributed by atoms with Crippen molar-refractivity contribution in [2.24, 2.45) is 5.41 Å². The van der Waals surface area contributed by atoms with Gasteiger partial charge in [-0.1, -0.05) is 20.8 Å². The van der Waals surface area contributed by atoms with Crippen LogP contribution in [0.1, 0.15) is 55.4 Å². The SMILES string of the molecule is CC1(C)CB(O)C(C)(B2OC(C)(C)C(C)(C)O2)C1(C)O. The molecule has 2 fully saturated rings. The third kappa shape index (κ3) is 1.78. The van der Waals surface area contributed by atoms with Gasteiger partial charge in [0.05, 0.1) is 16.8 Å². The molecule has 2 aliphatic heterocycles. The van der Waals surface area contributed by atoms with Crippen LogP contribution in [0.25, 0.3) is 0 Å². The van der Waals surface area contributed by atoms with E-state index in [1.165, 1.54) is 0 Å². The summed E-state index contributed by atoms with van der Waals surface area (Å²) in [5.74, 6) is 0. The molecular weight excluding hydrogens is 254 g/mol. The zero-order valence-corrected chi connectivity index (χ0v) is 14.1. The van der Waals surface area contributed by atoms with Crippen LogP contribution in [-0.2, 0) is 9.31 Å². The standard InChI is InChI=1S/C14H28B2O4/c1-10(2)9-15(18)14(8,13(10,7)17)16-19-11(3,4)12(5,6)20-16/h17-18H,9H2,1-8H3. The first-order chi connectivity index (χ1) is 8.69. The van der Waals surface area contributed by atoms with Crippen LogP contribution >= 0.6 is 0 Å². The summed E-state index contributed by atoms with van der Waals surface area (Å²) in [6.07, 6.45) is 0.528. The third-order valence-electron chi connectivity index (χ3n) is 6.51. The van der Waals surface area contributed by atoms with Crippen molar-refractivity contribution in [3.05, 3.63) is 0 Å². The normalized spacial score (nSPS) is 42.3. The topological polar surface area (TPSA) is 58.9 Å². The van der Waals surface area contributed by atoms with Gasteiger partial charge < -0.3 is 19.4 Å². The van der Waals surface area contributed by atoms with Gasteiger partial charge >= 0.3 is 7.12 Å². The van der Waals surface area contributed by atoms with E-state index in [4.69, 9.17) is 9.31 Å². The zero-order valence-electron chi connectivity index (χ0n) is 14.1. The Kier molecular flexibility index (Phi) is 3.30. The molecule has 0 aromatic carbocycles. The largest absolute Gasteiger partial charge is 0.462 e. The highest BCUT2D eigenvalue weighted by atomic mass is 16.7. The van der Waals surface area contributed by atoms with E-state index in [-0.39, 0.29) is 0 Å². The molecule has 0 radical (unpaired) electrons. The first-order valence-corrected chi connectivity index (χ1v) is 7.45. The number of hydrogen-bond acceptors (Lipinski definition) is 4. The number of rotatable bonds is 1. The summed E-state index contributed by atoms with van der Waals surface area (Å²) in [6.45, 7) is 14.9. The molecule has 0 aliphatic carbocycles. The fraction of sp³-hybridized carbons (Fsp3) is 1.00. The molecule has 2 heterocycles. The molecule has 0 saturated carbocycles. The molecule has 0 bridgehead atoms. The van der Waals surface area contributed by atoms with Gasteiger partial charge in [0.25, 0.3) is 6.92 Å². The van der Waals surface area contributed by atoms with E-state index >= 15 is 0 Å². The van der Waals surface area contributed by atoms with E-state index in [2.05, 4.69) is 0 Å². The number of aliphatic hydroxyl groups is 1. The quantitative estimate of drug-likeness (QED) is 0.723. The Balaban J connectivity index is 2.43. The van der Waals surface area contributed by atoms with Gasteiger partial charge in [0.15, 0.2) is 0 Å². The van der Waals surface area contributed by atoms with Crippen LogP contribution in [0.15, 0.2) is 0 Å². The highest BCUT2D eigenvalue weighted by molar-refractivity contribution is 6.75. The molecule has 20 heavy (non-hydrogen) atoms. The first kappa shape index (κ1) is 16.3. The van der Waals surface area contributed by atoms with Gasteiger partial charge in [-0.3, -0.25) is 0 Å². The Morgan fingerprint density at radius 1 is 0.850 bits per heavy atom. The minimum absolute atomic E-state index is 0.398. The summed E-state index contributed by atoms with van der Waals surface area (Å²) in [5, 5.41) is 20.8. The maximum atomic E-state index is 11.1. The fourth-order valence-electron chi connectivity index (χ4n) is 3.42. The Labute approximate surface area is 123 Å². The maximum Gasteiger partial charge on any atom is 0.462 e. The van der Waals surface area contributed by atoms with E-state index < -0.39 is 41.5 Å². The van der Waals surface area contributed by atoms with Gasteiger partial charge in [-0.25, -0.2) is 0 Å². The third-order valence-corrected chi connectivity index (χ3v) is 6.51. The highest BCUT2D eigenvalue weighted by Crippen LogP contribution is 2.63. The number of hydrogen-bond donors (Lipinski definition) is 2. The van der Waals surface area contributed by atoms with Crippen molar-refractivity contribution < 1.29 is 19.4 Å². The predicted molar refractivity (Wildman–Crippen MR) is 81.6 cm³/mol. The maximum absolute atomic E-state index is 11.1. The minimum Gasteiger partial charge on any atom is -0.450 e. The second-order valence-electron chi connectivity index (χ2n) is 8.55. The van der Waals surface area contributed by atoms with Crippen LogP contribution in [0, 0.1) is 5.41 Å². The average Bonchev–Trinajstić information content (AvgIpc) is 2.51. The minimum atomic E-state index is -1.08. The van der Waals surface area contributed by atoms with E-state index in [0.717, 1.165) is 0 Å². The molecule has 0 aromatic rings. The lowest BCUT2D eigenvalue weighted by atomic mass is 9.31. The van der Waals surface area contributed by atoms with Crippen molar-refractivity contribution in [2.75, 3.05) is 0 Å². The van der Waals surface area contributed by atoms with Crippen LogP contribution < -0.4 is 0 Å². The lowest BCUT2D eigenvalue weighted by molar-refractivity contribution is -0.0500. The Hall–Kier alpha value is -0.0301.